The van der Waals surface area contributed by atoms with Gasteiger partial charge in [0.25, 0.3) is 17.5 Å². The van der Waals surface area contributed by atoms with E-state index in [1.165, 1.54) is 11.8 Å². The SMILES string of the molecule is CSCC[C@H](C(=O)[O-])N1C(=O)c2ccc([N+](=O)[O-])cc2C1=O. The number of thioether (sulfide) groups is 1. The van der Waals surface area contributed by atoms with E-state index in [1.807, 2.05) is 0 Å². The molecule has 116 valence electrons. The van der Waals surface area contributed by atoms with Gasteiger partial charge in [-0.25, -0.2) is 0 Å². The molecule has 1 aliphatic heterocycles. The van der Waals surface area contributed by atoms with E-state index in [-0.39, 0.29) is 23.2 Å². The number of fused-ring (bicyclic) bond motifs is 1. The maximum Gasteiger partial charge on any atom is 0.270 e. The molecular formula is C13H11N2O6S-. The first-order chi connectivity index (χ1) is 10.4. The zero-order chi connectivity index (χ0) is 16.4. The van der Waals surface area contributed by atoms with Crippen molar-refractivity contribution in [2.75, 3.05) is 12.0 Å². The summed E-state index contributed by atoms with van der Waals surface area (Å²) in [5.41, 5.74) is -0.531. The number of hydrogen-bond acceptors (Lipinski definition) is 7. The monoisotopic (exact) mass is 323 g/mol. The quantitative estimate of drug-likeness (QED) is 0.412. The van der Waals surface area contributed by atoms with Crippen LogP contribution in [0.25, 0.3) is 0 Å². The fraction of sp³-hybridized carbons (Fsp3) is 0.308. The van der Waals surface area contributed by atoms with Gasteiger partial charge in [-0.05, 0) is 24.5 Å². The summed E-state index contributed by atoms with van der Waals surface area (Å²) in [6.07, 6.45) is 1.81. The third-order valence-corrected chi connectivity index (χ3v) is 3.94. The van der Waals surface area contributed by atoms with Crippen LogP contribution in [0.5, 0.6) is 0 Å². The van der Waals surface area contributed by atoms with E-state index in [9.17, 15) is 29.6 Å². The lowest BCUT2D eigenvalue weighted by Crippen LogP contribution is -2.50. The van der Waals surface area contributed by atoms with E-state index in [4.69, 9.17) is 0 Å². The minimum Gasteiger partial charge on any atom is -0.548 e. The Morgan fingerprint density at radius 1 is 1.32 bits per heavy atom. The number of benzene rings is 1. The highest BCUT2D eigenvalue weighted by atomic mass is 32.2. The van der Waals surface area contributed by atoms with E-state index in [0.717, 1.165) is 18.2 Å². The largest absolute Gasteiger partial charge is 0.548 e. The van der Waals surface area contributed by atoms with Crippen LogP contribution in [-0.2, 0) is 4.79 Å². The van der Waals surface area contributed by atoms with Crippen molar-refractivity contribution in [3.05, 3.63) is 39.4 Å². The molecule has 0 radical (unpaired) electrons. The first-order valence-electron chi connectivity index (χ1n) is 6.24. The van der Waals surface area contributed by atoms with Gasteiger partial charge in [0.2, 0.25) is 0 Å². The van der Waals surface area contributed by atoms with Crippen LogP contribution in [0, 0.1) is 10.1 Å². The number of carboxylic acids is 1. The molecule has 0 bridgehead atoms. The fourth-order valence-corrected chi connectivity index (χ4v) is 2.68. The number of carbonyl (C=O) groups is 3. The van der Waals surface area contributed by atoms with Crippen molar-refractivity contribution in [3.8, 4) is 0 Å². The van der Waals surface area contributed by atoms with E-state index < -0.39 is 28.7 Å². The molecule has 1 atom stereocenters. The first kappa shape index (κ1) is 16.0. The van der Waals surface area contributed by atoms with E-state index in [0.29, 0.717) is 10.7 Å². The van der Waals surface area contributed by atoms with Crippen molar-refractivity contribution in [2.24, 2.45) is 0 Å². The normalized spacial score (nSPS) is 14.9. The summed E-state index contributed by atoms with van der Waals surface area (Å²) in [5.74, 6) is -2.73. The molecule has 1 heterocycles. The van der Waals surface area contributed by atoms with Crippen molar-refractivity contribution in [1.29, 1.82) is 0 Å². The van der Waals surface area contributed by atoms with Crippen LogP contribution >= 0.6 is 11.8 Å². The van der Waals surface area contributed by atoms with Crippen LogP contribution in [0.4, 0.5) is 5.69 Å². The van der Waals surface area contributed by atoms with Gasteiger partial charge < -0.3 is 9.90 Å². The molecular weight excluding hydrogens is 312 g/mol. The Morgan fingerprint density at radius 3 is 2.50 bits per heavy atom. The average molecular weight is 323 g/mol. The smallest absolute Gasteiger partial charge is 0.270 e. The third-order valence-electron chi connectivity index (χ3n) is 3.29. The van der Waals surface area contributed by atoms with Crippen molar-refractivity contribution < 1.29 is 24.4 Å². The maximum atomic E-state index is 12.3. The lowest BCUT2D eigenvalue weighted by Gasteiger charge is -2.26. The summed E-state index contributed by atoms with van der Waals surface area (Å²) >= 11 is 1.37. The van der Waals surface area contributed by atoms with Gasteiger partial charge in [0.15, 0.2) is 0 Å². The molecule has 9 heteroatoms. The Morgan fingerprint density at radius 2 is 1.95 bits per heavy atom. The Labute approximate surface area is 129 Å². The van der Waals surface area contributed by atoms with E-state index in [1.54, 1.807) is 6.26 Å². The summed E-state index contributed by atoms with van der Waals surface area (Å²) in [6.45, 7) is 0. The molecule has 0 aliphatic carbocycles. The number of nitrogens with zero attached hydrogens (tertiary/aromatic N) is 2. The van der Waals surface area contributed by atoms with E-state index >= 15 is 0 Å². The van der Waals surface area contributed by atoms with Crippen LogP contribution in [-0.4, -0.2) is 45.7 Å². The highest BCUT2D eigenvalue weighted by Crippen LogP contribution is 2.29. The van der Waals surface area contributed by atoms with Crippen LogP contribution in [0.2, 0.25) is 0 Å². The van der Waals surface area contributed by atoms with Gasteiger partial charge in [0, 0.05) is 12.1 Å². The lowest BCUT2D eigenvalue weighted by molar-refractivity contribution is -0.384. The molecule has 1 aromatic carbocycles. The predicted octanol–water partition coefficient (Wildman–Crippen LogP) is 0.0624. The van der Waals surface area contributed by atoms with Gasteiger partial charge in [0.05, 0.1) is 28.1 Å². The summed E-state index contributed by atoms with van der Waals surface area (Å²) < 4.78 is 0. The van der Waals surface area contributed by atoms with Crippen molar-refractivity contribution >= 4 is 35.2 Å². The number of carboxylic acid groups (broad SMARTS) is 1. The molecule has 2 amide bonds. The topological polar surface area (TPSA) is 121 Å². The predicted molar refractivity (Wildman–Crippen MR) is 75.4 cm³/mol. The second-order valence-corrected chi connectivity index (χ2v) is 5.57. The van der Waals surface area contributed by atoms with Gasteiger partial charge in [-0.15, -0.1) is 0 Å². The highest BCUT2D eigenvalue weighted by molar-refractivity contribution is 7.98. The zero-order valence-corrected chi connectivity index (χ0v) is 12.3. The summed E-state index contributed by atoms with van der Waals surface area (Å²) in [6, 6.07) is 1.85. The van der Waals surface area contributed by atoms with Gasteiger partial charge in [-0.3, -0.25) is 24.6 Å². The van der Waals surface area contributed by atoms with Gasteiger partial charge in [-0.1, -0.05) is 0 Å². The number of amides is 2. The lowest BCUT2D eigenvalue weighted by atomic mass is 10.1. The Kier molecular flexibility index (Phi) is 4.45. The van der Waals surface area contributed by atoms with Crippen molar-refractivity contribution in [3.63, 3.8) is 0 Å². The van der Waals surface area contributed by atoms with Crippen LogP contribution in [0.3, 0.4) is 0 Å². The molecule has 0 saturated carbocycles. The number of aliphatic carboxylic acids is 1. The van der Waals surface area contributed by atoms with Crippen LogP contribution in [0.15, 0.2) is 18.2 Å². The second-order valence-electron chi connectivity index (χ2n) is 4.58. The minimum atomic E-state index is -1.53. The number of nitro benzene ring substituents is 1. The molecule has 0 aromatic heterocycles. The van der Waals surface area contributed by atoms with Crippen LogP contribution < -0.4 is 5.11 Å². The fourth-order valence-electron chi connectivity index (χ4n) is 2.23. The number of non-ortho nitro benzene ring substituents is 1. The molecule has 0 saturated heterocycles. The Bertz CT molecular complexity index is 674. The Balaban J connectivity index is 2.40. The van der Waals surface area contributed by atoms with E-state index in [2.05, 4.69) is 0 Å². The standard InChI is InChI=1S/C13H12N2O6S/c1-22-5-4-10(13(18)19)14-11(16)8-3-2-7(15(20)21)6-9(8)12(14)17/h2-3,6,10H,4-5H2,1H3,(H,18,19)/p-1/t10-/m1/s1. The van der Waals surface area contributed by atoms with Crippen molar-refractivity contribution in [1.82, 2.24) is 4.90 Å². The molecule has 1 aliphatic rings. The number of carbonyl (C=O) groups excluding carboxylic acids is 3. The molecule has 0 unspecified atom stereocenters. The van der Waals surface area contributed by atoms with Crippen LogP contribution in [0.1, 0.15) is 27.1 Å². The van der Waals surface area contributed by atoms with Gasteiger partial charge in [-0.2, -0.15) is 11.8 Å². The molecule has 8 nitrogen and oxygen atoms in total. The average Bonchev–Trinajstić information content (AvgIpc) is 2.72. The van der Waals surface area contributed by atoms with Gasteiger partial charge >= 0.3 is 0 Å². The van der Waals surface area contributed by atoms with Gasteiger partial charge in [0.1, 0.15) is 0 Å². The number of nitro groups is 1. The minimum absolute atomic E-state index is 0.0361. The first-order valence-corrected chi connectivity index (χ1v) is 7.64. The maximum absolute atomic E-state index is 12.3. The number of hydrogen-bond donors (Lipinski definition) is 0. The third kappa shape index (κ3) is 2.67. The molecule has 1 aromatic rings. The number of rotatable bonds is 6. The highest BCUT2D eigenvalue weighted by Gasteiger charge is 2.41. The Hall–Kier alpha value is -2.42. The molecule has 2 rings (SSSR count). The summed E-state index contributed by atoms with van der Waals surface area (Å²) in [4.78, 5) is 46.4. The zero-order valence-electron chi connectivity index (χ0n) is 11.5. The molecule has 0 fully saturated rings. The molecule has 0 spiro atoms. The number of imide groups is 1. The molecule has 22 heavy (non-hydrogen) atoms. The summed E-state index contributed by atoms with van der Waals surface area (Å²) in [5, 5.41) is 22.0. The summed E-state index contributed by atoms with van der Waals surface area (Å²) in [7, 11) is 0. The molecule has 0 N–H and O–H groups in total. The second kappa shape index (κ2) is 6.14. The van der Waals surface area contributed by atoms with Crippen molar-refractivity contribution in [2.45, 2.75) is 12.5 Å².